The number of carbonyl (C=O) groups excluding carboxylic acids is 1. The fourth-order valence-electron chi connectivity index (χ4n) is 4.20. The predicted octanol–water partition coefficient (Wildman–Crippen LogP) is 1.75. The lowest BCUT2D eigenvalue weighted by atomic mass is 9.96. The number of ether oxygens (including phenoxy) is 1. The molecule has 7 heteroatoms. The van der Waals surface area contributed by atoms with Gasteiger partial charge in [-0.15, -0.1) is 0 Å². The van der Waals surface area contributed by atoms with Crippen molar-refractivity contribution in [3.63, 3.8) is 0 Å². The molecule has 0 aromatic heterocycles. The van der Waals surface area contributed by atoms with Crippen LogP contribution in [-0.2, 0) is 16.0 Å². The van der Waals surface area contributed by atoms with Gasteiger partial charge in [0.15, 0.2) is 5.11 Å². The third-order valence-electron chi connectivity index (χ3n) is 5.73. The van der Waals surface area contributed by atoms with Gasteiger partial charge < -0.3 is 19.9 Å². The van der Waals surface area contributed by atoms with E-state index in [-0.39, 0.29) is 17.6 Å². The van der Waals surface area contributed by atoms with Gasteiger partial charge in [-0.05, 0) is 30.6 Å². The van der Waals surface area contributed by atoms with Crippen LogP contribution in [0.25, 0.3) is 0 Å². The van der Waals surface area contributed by atoms with Crippen LogP contribution in [0, 0.1) is 0 Å². The molecule has 154 valence electrons. The van der Waals surface area contributed by atoms with E-state index in [2.05, 4.69) is 34.6 Å². The lowest BCUT2D eigenvalue weighted by Crippen LogP contribution is -2.60. The highest BCUT2D eigenvalue weighted by molar-refractivity contribution is 7.80. The van der Waals surface area contributed by atoms with E-state index in [1.165, 1.54) is 5.56 Å². The van der Waals surface area contributed by atoms with E-state index < -0.39 is 0 Å². The average molecular weight is 405 g/mol. The SMILES string of the molecule is CCCNC(=S)N1CCC2(CC1)NC(Cc1ccccc1)C(=O)N2CCOC. The number of benzene rings is 1. The summed E-state index contributed by atoms with van der Waals surface area (Å²) >= 11 is 5.53. The molecule has 3 rings (SSSR count). The first kappa shape index (κ1) is 21.0. The highest BCUT2D eigenvalue weighted by atomic mass is 32.1. The number of carbonyl (C=O) groups is 1. The first-order valence-corrected chi connectivity index (χ1v) is 10.7. The molecular formula is C21H32N4O2S. The number of nitrogens with one attached hydrogen (secondary N) is 2. The Labute approximate surface area is 173 Å². The summed E-state index contributed by atoms with van der Waals surface area (Å²) < 4.78 is 5.28. The fraction of sp³-hybridized carbons (Fsp3) is 0.619. The highest BCUT2D eigenvalue weighted by Gasteiger charge is 2.51. The fourth-order valence-corrected chi connectivity index (χ4v) is 4.48. The molecule has 1 spiro atoms. The van der Waals surface area contributed by atoms with E-state index in [9.17, 15) is 4.79 Å². The predicted molar refractivity (Wildman–Crippen MR) is 115 cm³/mol. The van der Waals surface area contributed by atoms with Crippen molar-refractivity contribution in [3.8, 4) is 0 Å². The van der Waals surface area contributed by atoms with Crippen LogP contribution in [0.2, 0.25) is 0 Å². The van der Waals surface area contributed by atoms with Gasteiger partial charge in [-0.1, -0.05) is 37.3 Å². The van der Waals surface area contributed by atoms with Gasteiger partial charge in [0.2, 0.25) is 5.91 Å². The Kier molecular flexibility index (Phi) is 7.26. The lowest BCUT2D eigenvalue weighted by molar-refractivity contribution is -0.134. The van der Waals surface area contributed by atoms with Gasteiger partial charge in [0.25, 0.3) is 0 Å². The Morgan fingerprint density at radius 2 is 2.04 bits per heavy atom. The van der Waals surface area contributed by atoms with E-state index >= 15 is 0 Å². The van der Waals surface area contributed by atoms with E-state index in [0.29, 0.717) is 19.6 Å². The molecular weight excluding hydrogens is 372 g/mol. The third-order valence-corrected chi connectivity index (χ3v) is 6.13. The minimum absolute atomic E-state index is 0.182. The smallest absolute Gasteiger partial charge is 0.241 e. The second-order valence-electron chi connectivity index (χ2n) is 7.62. The second-order valence-corrected chi connectivity index (χ2v) is 8.01. The summed E-state index contributed by atoms with van der Waals surface area (Å²) in [7, 11) is 1.68. The van der Waals surface area contributed by atoms with E-state index in [0.717, 1.165) is 44.0 Å². The zero-order valence-electron chi connectivity index (χ0n) is 16.9. The summed E-state index contributed by atoms with van der Waals surface area (Å²) in [5, 5.41) is 7.83. The minimum Gasteiger partial charge on any atom is -0.383 e. The van der Waals surface area contributed by atoms with Crippen LogP contribution in [-0.4, -0.2) is 72.4 Å². The number of hydrogen-bond donors (Lipinski definition) is 2. The zero-order chi connectivity index (χ0) is 20.0. The summed E-state index contributed by atoms with van der Waals surface area (Å²) in [6.45, 7) is 5.89. The number of nitrogens with zero attached hydrogens (tertiary/aromatic N) is 2. The Morgan fingerprint density at radius 3 is 2.68 bits per heavy atom. The maximum atomic E-state index is 13.2. The lowest BCUT2D eigenvalue weighted by Gasteiger charge is -2.45. The molecule has 2 aliphatic heterocycles. The monoisotopic (exact) mass is 404 g/mol. The normalized spacial score (nSPS) is 21.4. The van der Waals surface area contributed by atoms with E-state index in [4.69, 9.17) is 17.0 Å². The summed E-state index contributed by atoms with van der Waals surface area (Å²) in [6, 6.07) is 10.0. The topological polar surface area (TPSA) is 56.8 Å². The number of thiocarbonyl (C=S) groups is 1. The van der Waals surface area contributed by atoms with Gasteiger partial charge in [0, 0.05) is 46.1 Å². The van der Waals surface area contributed by atoms with Crippen molar-refractivity contribution < 1.29 is 9.53 Å². The largest absolute Gasteiger partial charge is 0.383 e. The van der Waals surface area contributed by atoms with Gasteiger partial charge in [0.1, 0.15) is 0 Å². The quantitative estimate of drug-likeness (QED) is 0.676. The van der Waals surface area contributed by atoms with Gasteiger partial charge in [-0.3, -0.25) is 10.1 Å². The number of amides is 1. The molecule has 6 nitrogen and oxygen atoms in total. The molecule has 1 aromatic carbocycles. The first-order chi connectivity index (χ1) is 13.6. The van der Waals surface area contributed by atoms with Crippen LogP contribution < -0.4 is 10.6 Å². The third kappa shape index (κ3) is 4.64. The van der Waals surface area contributed by atoms with Crippen LogP contribution in [0.5, 0.6) is 0 Å². The molecule has 2 N–H and O–H groups in total. The minimum atomic E-state index is -0.300. The Morgan fingerprint density at radius 1 is 1.32 bits per heavy atom. The van der Waals surface area contributed by atoms with E-state index in [1.807, 2.05) is 23.1 Å². The molecule has 1 unspecified atom stereocenters. The van der Waals surface area contributed by atoms with Crippen molar-refractivity contribution in [2.24, 2.45) is 0 Å². The molecule has 1 aromatic rings. The molecule has 2 fully saturated rings. The molecule has 0 bridgehead atoms. The summed E-state index contributed by atoms with van der Waals surface area (Å²) in [5.74, 6) is 0.182. The second kappa shape index (κ2) is 9.67. The zero-order valence-corrected chi connectivity index (χ0v) is 17.8. The van der Waals surface area contributed by atoms with Crippen molar-refractivity contribution in [1.29, 1.82) is 0 Å². The van der Waals surface area contributed by atoms with Crippen molar-refractivity contribution in [2.75, 3.05) is 39.9 Å². The summed E-state index contributed by atoms with van der Waals surface area (Å²) in [4.78, 5) is 17.4. The molecule has 28 heavy (non-hydrogen) atoms. The Bertz CT molecular complexity index is 662. The van der Waals surface area contributed by atoms with Crippen molar-refractivity contribution in [3.05, 3.63) is 35.9 Å². The van der Waals surface area contributed by atoms with Gasteiger partial charge in [-0.25, -0.2) is 0 Å². The first-order valence-electron chi connectivity index (χ1n) is 10.2. The molecule has 2 saturated heterocycles. The maximum absolute atomic E-state index is 13.2. The van der Waals surface area contributed by atoms with Crippen LogP contribution in [0.1, 0.15) is 31.7 Å². The average Bonchev–Trinajstić information content (AvgIpc) is 2.96. The number of hydrogen-bond acceptors (Lipinski definition) is 4. The van der Waals surface area contributed by atoms with Crippen LogP contribution in [0.3, 0.4) is 0 Å². The molecule has 0 aliphatic carbocycles. The van der Waals surface area contributed by atoms with Crippen LogP contribution in [0.4, 0.5) is 0 Å². The van der Waals surface area contributed by atoms with E-state index in [1.54, 1.807) is 7.11 Å². The van der Waals surface area contributed by atoms with Gasteiger partial charge >= 0.3 is 0 Å². The maximum Gasteiger partial charge on any atom is 0.241 e. The molecule has 1 amide bonds. The molecule has 1 atom stereocenters. The summed E-state index contributed by atoms with van der Waals surface area (Å²) in [5.41, 5.74) is 0.880. The number of rotatable bonds is 7. The van der Waals surface area contributed by atoms with Crippen molar-refractivity contribution in [2.45, 2.75) is 44.3 Å². The number of likely N-dealkylation sites (tertiary alicyclic amines) is 1. The van der Waals surface area contributed by atoms with Crippen LogP contribution >= 0.6 is 12.2 Å². The number of piperidine rings is 1. The molecule has 2 heterocycles. The molecule has 2 aliphatic rings. The van der Waals surface area contributed by atoms with Crippen molar-refractivity contribution in [1.82, 2.24) is 20.4 Å². The number of methoxy groups -OCH3 is 1. The Balaban J connectivity index is 1.69. The van der Waals surface area contributed by atoms with Crippen molar-refractivity contribution >= 4 is 23.2 Å². The highest BCUT2D eigenvalue weighted by Crippen LogP contribution is 2.33. The van der Waals surface area contributed by atoms with Gasteiger partial charge in [-0.2, -0.15) is 0 Å². The van der Waals surface area contributed by atoms with Crippen LogP contribution in [0.15, 0.2) is 30.3 Å². The Hall–Kier alpha value is -1.70. The molecule has 0 saturated carbocycles. The molecule has 0 radical (unpaired) electrons. The summed E-state index contributed by atoms with van der Waals surface area (Å²) in [6.07, 6.45) is 3.49. The van der Waals surface area contributed by atoms with Gasteiger partial charge in [0.05, 0.1) is 18.3 Å². The standard InChI is InChI=1S/C21H32N4O2S/c1-3-11-22-20(28)24-12-9-21(10-13-24)23-18(16-17-7-5-4-6-8-17)19(26)25(21)14-15-27-2/h4-8,18,23H,3,9-16H2,1-2H3,(H,22,28).